The highest BCUT2D eigenvalue weighted by Crippen LogP contribution is 2.33. The molecule has 0 aromatic heterocycles. The Morgan fingerprint density at radius 1 is 0.738 bits per heavy atom. The van der Waals surface area contributed by atoms with Crippen LogP contribution in [0.1, 0.15) is 57.5 Å². The van der Waals surface area contributed by atoms with Gasteiger partial charge in [-0.05, 0) is 50.6 Å². The van der Waals surface area contributed by atoms with Crippen LogP contribution in [0.2, 0.25) is 0 Å². The molecule has 2 N–H and O–H groups in total. The standard InChI is InChI=1S/C41H53N3O21/c1-24(45)59-32-33(60-25(2)46)35(61-26(3)47)38(64-34(32)37(49)54-7)63-31-13-8-27(23-58-40(51)62-29-11-9-28(10-12-29)44(52)53)22-30(31)36(48)42-14-16-55-18-20-57-21-19-56-17-15-43-39(50)65-41(4,5)6/h8-13,22,32-35,38H,14-21,23H2,1-7H3,(H,42,48)(H,43,50)/t32-,33-,34-,35+,38+/m0/s1. The van der Waals surface area contributed by atoms with Gasteiger partial charge in [0.2, 0.25) is 12.4 Å². The Hall–Kier alpha value is -6.63. The number of benzene rings is 2. The first-order chi connectivity index (χ1) is 30.8. The minimum atomic E-state index is -1.81. The highest BCUT2D eigenvalue weighted by atomic mass is 16.7. The van der Waals surface area contributed by atoms with Gasteiger partial charge in [-0.2, -0.15) is 0 Å². The lowest BCUT2D eigenvalue weighted by atomic mass is 9.97. The third-order valence-electron chi connectivity index (χ3n) is 8.16. The quantitative estimate of drug-likeness (QED) is 0.0404. The molecule has 0 unspecified atom stereocenters. The van der Waals surface area contributed by atoms with Gasteiger partial charge >= 0.3 is 36.1 Å². The van der Waals surface area contributed by atoms with Crippen LogP contribution in [-0.4, -0.2) is 143 Å². The molecule has 3 rings (SSSR count). The second-order valence-electron chi connectivity index (χ2n) is 14.5. The highest BCUT2D eigenvalue weighted by molar-refractivity contribution is 5.97. The minimum Gasteiger partial charge on any atom is -0.467 e. The summed E-state index contributed by atoms with van der Waals surface area (Å²) in [6.07, 6.45) is -10.4. The van der Waals surface area contributed by atoms with E-state index in [4.69, 9.17) is 56.8 Å². The van der Waals surface area contributed by atoms with Crippen LogP contribution < -0.4 is 20.1 Å². The summed E-state index contributed by atoms with van der Waals surface area (Å²) in [4.78, 5) is 97.8. The van der Waals surface area contributed by atoms with Crippen molar-refractivity contribution < 1.29 is 95.3 Å². The fraction of sp³-hybridized carbons (Fsp3) is 0.537. The number of nitro groups is 1. The molecule has 1 aliphatic rings. The molecule has 2 amide bonds. The van der Waals surface area contributed by atoms with Gasteiger partial charge in [0, 0.05) is 46.0 Å². The minimum absolute atomic E-state index is 0.0259. The first-order valence-corrected chi connectivity index (χ1v) is 19.9. The molecule has 1 saturated heterocycles. The molecule has 1 fully saturated rings. The average Bonchev–Trinajstić information content (AvgIpc) is 3.22. The van der Waals surface area contributed by atoms with Crippen LogP contribution in [0, 0.1) is 10.1 Å². The summed E-state index contributed by atoms with van der Waals surface area (Å²) in [6, 6.07) is 8.57. The Morgan fingerprint density at radius 3 is 1.85 bits per heavy atom. The zero-order valence-electron chi connectivity index (χ0n) is 36.8. The zero-order chi connectivity index (χ0) is 48.1. The number of nitro benzene ring substituents is 1. The molecule has 2 aromatic rings. The number of carbonyl (C=O) groups excluding carboxylic acids is 7. The van der Waals surface area contributed by atoms with Gasteiger partial charge in [0.1, 0.15) is 23.7 Å². The molecule has 24 nitrogen and oxygen atoms in total. The molecule has 0 radical (unpaired) electrons. The smallest absolute Gasteiger partial charge is 0.467 e. The van der Waals surface area contributed by atoms with Gasteiger partial charge in [0.15, 0.2) is 18.3 Å². The molecule has 0 spiro atoms. The lowest BCUT2D eigenvalue weighted by molar-refractivity contribution is -0.384. The number of non-ortho nitro benzene ring substituents is 1. The lowest BCUT2D eigenvalue weighted by Crippen LogP contribution is -2.64. The third-order valence-corrected chi connectivity index (χ3v) is 8.16. The van der Waals surface area contributed by atoms with Crippen LogP contribution in [-0.2, 0) is 73.2 Å². The summed E-state index contributed by atoms with van der Waals surface area (Å²) in [5.41, 5.74) is -0.822. The van der Waals surface area contributed by atoms with Crippen molar-refractivity contribution >= 4 is 47.7 Å². The average molecular weight is 924 g/mol. The number of esters is 4. The van der Waals surface area contributed by atoms with Gasteiger partial charge in [-0.1, -0.05) is 6.07 Å². The zero-order valence-corrected chi connectivity index (χ0v) is 36.8. The normalized spacial score (nSPS) is 17.9. The highest BCUT2D eigenvalue weighted by Gasteiger charge is 2.56. The largest absolute Gasteiger partial charge is 0.514 e. The number of rotatable bonds is 23. The van der Waals surface area contributed by atoms with Crippen LogP contribution in [0.15, 0.2) is 42.5 Å². The van der Waals surface area contributed by atoms with Crippen molar-refractivity contribution in [3.05, 3.63) is 63.7 Å². The summed E-state index contributed by atoms with van der Waals surface area (Å²) in [5, 5.41) is 16.2. The van der Waals surface area contributed by atoms with Gasteiger partial charge in [0.25, 0.3) is 11.6 Å². The van der Waals surface area contributed by atoms with Crippen molar-refractivity contribution in [3.8, 4) is 11.5 Å². The van der Waals surface area contributed by atoms with Crippen LogP contribution in [0.25, 0.3) is 0 Å². The van der Waals surface area contributed by atoms with Crippen LogP contribution >= 0.6 is 0 Å². The predicted octanol–water partition coefficient (Wildman–Crippen LogP) is 2.69. The van der Waals surface area contributed by atoms with E-state index in [2.05, 4.69) is 10.6 Å². The number of nitrogens with zero attached hydrogens (tertiary/aromatic N) is 1. The number of hydrogen-bond donors (Lipinski definition) is 2. The number of methoxy groups -OCH3 is 1. The van der Waals surface area contributed by atoms with Crippen LogP contribution in [0.3, 0.4) is 0 Å². The summed E-state index contributed by atoms with van der Waals surface area (Å²) >= 11 is 0. The Morgan fingerprint density at radius 2 is 1.29 bits per heavy atom. The molecule has 2 aromatic carbocycles. The van der Waals surface area contributed by atoms with Gasteiger partial charge in [-0.25, -0.2) is 14.4 Å². The maximum absolute atomic E-state index is 13.7. The van der Waals surface area contributed by atoms with Gasteiger partial charge < -0.3 is 67.5 Å². The molecule has 0 saturated carbocycles. The molecule has 0 bridgehead atoms. The van der Waals surface area contributed by atoms with E-state index >= 15 is 0 Å². The van der Waals surface area contributed by atoms with Gasteiger partial charge in [-0.15, -0.1) is 0 Å². The second-order valence-corrected chi connectivity index (χ2v) is 14.5. The number of nitrogens with one attached hydrogen (secondary N) is 2. The van der Waals surface area contributed by atoms with E-state index in [0.717, 1.165) is 40.0 Å². The molecule has 1 heterocycles. The second kappa shape index (κ2) is 26.2. The van der Waals surface area contributed by atoms with Crippen molar-refractivity contribution in [2.24, 2.45) is 0 Å². The number of alkyl carbamates (subject to hydrolysis) is 1. The summed E-state index contributed by atoms with van der Waals surface area (Å²) < 4.78 is 64.7. The van der Waals surface area contributed by atoms with Crippen molar-refractivity contribution in [2.75, 3.05) is 59.8 Å². The molecule has 65 heavy (non-hydrogen) atoms. The van der Waals surface area contributed by atoms with E-state index in [9.17, 15) is 43.7 Å². The molecule has 0 aliphatic carbocycles. The fourth-order valence-electron chi connectivity index (χ4n) is 5.56. The maximum atomic E-state index is 13.7. The lowest BCUT2D eigenvalue weighted by Gasteiger charge is -2.43. The summed E-state index contributed by atoms with van der Waals surface area (Å²) in [5.74, 6) is -4.88. The summed E-state index contributed by atoms with van der Waals surface area (Å²) in [6.45, 7) is 9.22. The molecular weight excluding hydrogens is 870 g/mol. The Balaban J connectivity index is 1.72. The van der Waals surface area contributed by atoms with Crippen molar-refractivity contribution in [2.45, 2.75) is 84.5 Å². The Kier molecular flexibility index (Phi) is 21.3. The number of ether oxygens (including phenoxy) is 12. The van der Waals surface area contributed by atoms with Crippen molar-refractivity contribution in [1.29, 1.82) is 0 Å². The van der Waals surface area contributed by atoms with E-state index in [1.165, 1.54) is 30.3 Å². The molecule has 24 heteroatoms. The predicted molar refractivity (Wildman–Crippen MR) is 217 cm³/mol. The van der Waals surface area contributed by atoms with E-state index in [-0.39, 0.29) is 81.0 Å². The van der Waals surface area contributed by atoms with E-state index < -0.39 is 89.9 Å². The Bertz CT molecular complexity index is 1950. The fourth-order valence-corrected chi connectivity index (χ4v) is 5.56. The topological polar surface area (TPSA) is 297 Å². The number of hydrogen-bond acceptors (Lipinski definition) is 21. The van der Waals surface area contributed by atoms with Crippen LogP contribution in [0.5, 0.6) is 11.5 Å². The monoisotopic (exact) mass is 923 g/mol. The molecule has 358 valence electrons. The van der Waals surface area contributed by atoms with E-state index in [1.807, 2.05) is 0 Å². The number of carbonyl (C=O) groups is 7. The molecular formula is C41H53N3O21. The van der Waals surface area contributed by atoms with Gasteiger partial charge in [-0.3, -0.25) is 29.3 Å². The van der Waals surface area contributed by atoms with Crippen molar-refractivity contribution in [1.82, 2.24) is 10.6 Å². The maximum Gasteiger partial charge on any atom is 0.514 e. The molecule has 1 aliphatic heterocycles. The first-order valence-electron chi connectivity index (χ1n) is 19.9. The summed E-state index contributed by atoms with van der Waals surface area (Å²) in [7, 11) is 1.01. The molecule has 5 atom stereocenters. The van der Waals surface area contributed by atoms with Crippen molar-refractivity contribution in [3.63, 3.8) is 0 Å². The van der Waals surface area contributed by atoms with E-state index in [0.29, 0.717) is 0 Å². The Labute approximate surface area is 372 Å². The van der Waals surface area contributed by atoms with E-state index in [1.54, 1.807) is 20.8 Å². The van der Waals surface area contributed by atoms with Crippen LogP contribution in [0.4, 0.5) is 15.3 Å². The first kappa shape index (κ1) is 52.7. The number of amides is 2. The SMILES string of the molecule is COC(=O)[C@H]1O[C@@H](Oc2ccc(COC(=O)Oc3ccc([N+](=O)[O-])cc3)cc2C(=O)NCCOCCOCCOCCNC(=O)OC(C)(C)C)[C@H](OC(C)=O)[C@@H](OC(C)=O)[C@@H]1OC(C)=O. The van der Waals surface area contributed by atoms with Gasteiger partial charge in [0.05, 0.1) is 57.2 Å². The third kappa shape index (κ3) is 18.9.